The predicted octanol–water partition coefficient (Wildman–Crippen LogP) is 3.98. The van der Waals surface area contributed by atoms with E-state index in [1.54, 1.807) is 0 Å². The smallest absolute Gasteiger partial charge is 0.220 e. The summed E-state index contributed by atoms with van der Waals surface area (Å²) in [6.07, 6.45) is 4.49. The molecule has 0 aromatic heterocycles. The van der Waals surface area contributed by atoms with E-state index in [9.17, 15) is 4.79 Å². The van der Waals surface area contributed by atoms with Crippen molar-refractivity contribution in [3.8, 4) is 5.75 Å². The first-order valence-electron chi connectivity index (χ1n) is 10.4. The Hall–Kier alpha value is -2.33. The highest BCUT2D eigenvalue weighted by molar-refractivity contribution is 5.76. The van der Waals surface area contributed by atoms with Crippen molar-refractivity contribution in [1.82, 2.24) is 10.2 Å². The highest BCUT2D eigenvalue weighted by atomic mass is 16.5. The van der Waals surface area contributed by atoms with Crippen LogP contribution in [0.2, 0.25) is 0 Å². The first kappa shape index (κ1) is 20.4. The molecule has 2 aromatic rings. The molecule has 1 aliphatic heterocycles. The zero-order valence-electron chi connectivity index (χ0n) is 16.9. The molecule has 1 amide bonds. The van der Waals surface area contributed by atoms with Crippen LogP contribution in [0.1, 0.15) is 36.8 Å². The van der Waals surface area contributed by atoms with Crippen LogP contribution in [0.25, 0.3) is 0 Å². The molecule has 1 aliphatic rings. The number of benzene rings is 2. The number of carbonyl (C=O) groups excluding carboxylic acids is 1. The van der Waals surface area contributed by atoms with Crippen molar-refractivity contribution in [2.75, 3.05) is 26.2 Å². The monoisotopic (exact) mass is 380 g/mol. The van der Waals surface area contributed by atoms with E-state index in [1.165, 1.54) is 11.1 Å². The molecule has 1 fully saturated rings. The minimum atomic E-state index is 0.175. The molecule has 4 heteroatoms. The molecule has 3 rings (SSSR count). The van der Waals surface area contributed by atoms with Crippen LogP contribution in [0.15, 0.2) is 54.6 Å². The average Bonchev–Trinajstić information content (AvgIpc) is 2.72. The minimum Gasteiger partial charge on any atom is -0.494 e. The third-order valence-electron chi connectivity index (χ3n) is 5.31. The molecule has 1 heterocycles. The third-order valence-corrected chi connectivity index (χ3v) is 5.31. The molecule has 0 saturated carbocycles. The average molecular weight is 381 g/mol. The Labute approximate surface area is 168 Å². The van der Waals surface area contributed by atoms with Gasteiger partial charge in [-0.1, -0.05) is 42.5 Å². The van der Waals surface area contributed by atoms with Crippen molar-refractivity contribution in [3.05, 3.63) is 65.7 Å². The molecule has 0 atom stereocenters. The minimum absolute atomic E-state index is 0.175. The number of piperidine rings is 1. The molecule has 0 bridgehead atoms. The Bertz CT molecular complexity index is 724. The van der Waals surface area contributed by atoms with Gasteiger partial charge in [0, 0.05) is 32.1 Å². The van der Waals surface area contributed by atoms with Crippen LogP contribution in [0.4, 0.5) is 0 Å². The Balaban J connectivity index is 1.26. The number of hydrogen-bond acceptors (Lipinski definition) is 3. The SMILES string of the molecule is Cc1cccc(OCCCN2CCC(NC(=O)CCc3ccccc3)CC2)c1. The number of hydrogen-bond donors (Lipinski definition) is 1. The highest BCUT2D eigenvalue weighted by Gasteiger charge is 2.20. The van der Waals surface area contributed by atoms with E-state index in [0.29, 0.717) is 12.5 Å². The Kier molecular flexibility index (Phi) is 7.92. The lowest BCUT2D eigenvalue weighted by Crippen LogP contribution is -2.45. The summed E-state index contributed by atoms with van der Waals surface area (Å²) in [5, 5.41) is 3.21. The van der Waals surface area contributed by atoms with Gasteiger partial charge in [-0.15, -0.1) is 0 Å². The van der Waals surface area contributed by atoms with Crippen LogP contribution in [-0.4, -0.2) is 43.1 Å². The number of rotatable bonds is 9. The van der Waals surface area contributed by atoms with E-state index in [0.717, 1.165) is 57.7 Å². The fraction of sp³-hybridized carbons (Fsp3) is 0.458. The van der Waals surface area contributed by atoms with Crippen LogP contribution < -0.4 is 10.1 Å². The number of carbonyl (C=O) groups is 1. The summed E-state index contributed by atoms with van der Waals surface area (Å²) in [6.45, 7) is 5.99. The standard InChI is InChI=1S/C24H32N2O2/c1-20-7-5-10-23(19-20)28-18-6-15-26-16-13-22(14-17-26)25-24(27)12-11-21-8-3-2-4-9-21/h2-5,7-10,19,22H,6,11-18H2,1H3,(H,25,27). The number of likely N-dealkylation sites (tertiary alicyclic amines) is 1. The number of ether oxygens (including phenoxy) is 1. The zero-order chi connectivity index (χ0) is 19.6. The van der Waals surface area contributed by atoms with E-state index in [4.69, 9.17) is 4.74 Å². The maximum Gasteiger partial charge on any atom is 0.220 e. The first-order valence-corrected chi connectivity index (χ1v) is 10.4. The van der Waals surface area contributed by atoms with E-state index in [1.807, 2.05) is 30.3 Å². The molecule has 1 saturated heterocycles. The van der Waals surface area contributed by atoms with Crippen LogP contribution in [0.5, 0.6) is 5.75 Å². The van der Waals surface area contributed by atoms with Crippen molar-refractivity contribution in [2.24, 2.45) is 0 Å². The third kappa shape index (κ3) is 7.01. The second-order valence-electron chi connectivity index (χ2n) is 7.69. The summed E-state index contributed by atoms with van der Waals surface area (Å²) in [5.41, 5.74) is 2.45. The molecule has 0 radical (unpaired) electrons. The van der Waals surface area contributed by atoms with Gasteiger partial charge < -0.3 is 15.0 Å². The predicted molar refractivity (Wildman–Crippen MR) is 114 cm³/mol. The molecule has 0 aliphatic carbocycles. The summed E-state index contributed by atoms with van der Waals surface area (Å²) < 4.78 is 5.83. The van der Waals surface area contributed by atoms with Crippen LogP contribution in [0, 0.1) is 6.92 Å². The molecular formula is C24H32N2O2. The Morgan fingerprint density at radius 3 is 2.64 bits per heavy atom. The van der Waals surface area contributed by atoms with Gasteiger partial charge in [0.25, 0.3) is 0 Å². The van der Waals surface area contributed by atoms with Crippen molar-refractivity contribution < 1.29 is 9.53 Å². The molecular weight excluding hydrogens is 348 g/mol. The van der Waals surface area contributed by atoms with Crippen molar-refractivity contribution >= 4 is 5.91 Å². The molecule has 28 heavy (non-hydrogen) atoms. The van der Waals surface area contributed by atoms with Gasteiger partial charge in [0.2, 0.25) is 5.91 Å². The van der Waals surface area contributed by atoms with Crippen molar-refractivity contribution in [1.29, 1.82) is 0 Å². The zero-order valence-corrected chi connectivity index (χ0v) is 16.9. The normalized spacial score (nSPS) is 15.3. The molecule has 0 unspecified atom stereocenters. The lowest BCUT2D eigenvalue weighted by atomic mass is 10.0. The Morgan fingerprint density at radius 2 is 1.89 bits per heavy atom. The largest absolute Gasteiger partial charge is 0.494 e. The second kappa shape index (κ2) is 10.9. The maximum atomic E-state index is 12.2. The lowest BCUT2D eigenvalue weighted by Gasteiger charge is -2.32. The van der Waals surface area contributed by atoms with Gasteiger partial charge in [0.1, 0.15) is 5.75 Å². The fourth-order valence-electron chi connectivity index (χ4n) is 3.69. The fourth-order valence-corrected chi connectivity index (χ4v) is 3.69. The summed E-state index contributed by atoms with van der Waals surface area (Å²) >= 11 is 0. The number of aryl methyl sites for hydroxylation is 2. The van der Waals surface area contributed by atoms with Crippen molar-refractivity contribution in [3.63, 3.8) is 0 Å². The van der Waals surface area contributed by atoms with E-state index in [2.05, 4.69) is 41.4 Å². The quantitative estimate of drug-likeness (QED) is 0.669. The van der Waals surface area contributed by atoms with Gasteiger partial charge in [-0.25, -0.2) is 0 Å². The van der Waals surface area contributed by atoms with Gasteiger partial charge >= 0.3 is 0 Å². The number of nitrogens with zero attached hydrogens (tertiary/aromatic N) is 1. The topological polar surface area (TPSA) is 41.6 Å². The maximum absolute atomic E-state index is 12.2. The van der Waals surface area contributed by atoms with Crippen LogP contribution in [0.3, 0.4) is 0 Å². The summed E-state index contributed by atoms with van der Waals surface area (Å²) in [4.78, 5) is 14.7. The lowest BCUT2D eigenvalue weighted by molar-refractivity contribution is -0.122. The van der Waals surface area contributed by atoms with Crippen LogP contribution >= 0.6 is 0 Å². The summed E-state index contributed by atoms with van der Waals surface area (Å²) in [7, 11) is 0. The van der Waals surface area contributed by atoms with Gasteiger partial charge in [0.15, 0.2) is 0 Å². The van der Waals surface area contributed by atoms with Crippen LogP contribution in [-0.2, 0) is 11.2 Å². The van der Waals surface area contributed by atoms with Gasteiger partial charge in [-0.3, -0.25) is 4.79 Å². The molecule has 0 spiro atoms. The molecule has 1 N–H and O–H groups in total. The highest BCUT2D eigenvalue weighted by Crippen LogP contribution is 2.14. The van der Waals surface area contributed by atoms with Gasteiger partial charge in [-0.05, 0) is 55.9 Å². The number of amides is 1. The molecule has 150 valence electrons. The van der Waals surface area contributed by atoms with Gasteiger partial charge in [0.05, 0.1) is 6.61 Å². The van der Waals surface area contributed by atoms with E-state index < -0.39 is 0 Å². The van der Waals surface area contributed by atoms with Crippen molar-refractivity contribution in [2.45, 2.75) is 45.1 Å². The van der Waals surface area contributed by atoms with Gasteiger partial charge in [-0.2, -0.15) is 0 Å². The molecule has 4 nitrogen and oxygen atoms in total. The van der Waals surface area contributed by atoms with E-state index >= 15 is 0 Å². The molecule has 2 aromatic carbocycles. The number of nitrogens with one attached hydrogen (secondary N) is 1. The first-order chi connectivity index (χ1) is 13.7. The second-order valence-corrected chi connectivity index (χ2v) is 7.69. The Morgan fingerprint density at radius 1 is 1.11 bits per heavy atom. The summed E-state index contributed by atoms with van der Waals surface area (Å²) in [5.74, 6) is 1.13. The van der Waals surface area contributed by atoms with E-state index in [-0.39, 0.29) is 5.91 Å². The summed E-state index contributed by atoms with van der Waals surface area (Å²) in [6, 6.07) is 18.7.